The van der Waals surface area contributed by atoms with Gasteiger partial charge in [-0.25, -0.2) is 0 Å². The van der Waals surface area contributed by atoms with Gasteiger partial charge in [0.25, 0.3) is 0 Å². The highest BCUT2D eigenvalue weighted by Crippen LogP contribution is 2.38. The lowest BCUT2D eigenvalue weighted by Crippen LogP contribution is -2.18. The molecule has 1 N–H and O–H groups in total. The molecule has 0 fully saturated rings. The molecule has 0 bridgehead atoms. The van der Waals surface area contributed by atoms with Crippen molar-refractivity contribution in [2.45, 2.75) is 47.0 Å². The van der Waals surface area contributed by atoms with Crippen LogP contribution >= 0.6 is 0 Å². The molecule has 0 aromatic carbocycles. The van der Waals surface area contributed by atoms with E-state index in [0.29, 0.717) is 11.7 Å². The number of aliphatic hydroxyl groups excluding tert-OH is 1. The maximum absolute atomic E-state index is 9.75. The molecular formula is C11H20O. The molecule has 1 aliphatic rings. The van der Waals surface area contributed by atoms with E-state index in [1.807, 2.05) is 0 Å². The number of hydrogen-bond acceptors (Lipinski definition) is 1. The van der Waals surface area contributed by atoms with Crippen molar-refractivity contribution in [3.8, 4) is 0 Å². The van der Waals surface area contributed by atoms with E-state index in [2.05, 4.69) is 27.7 Å². The Balaban J connectivity index is 2.83. The quantitative estimate of drug-likeness (QED) is 0.585. The van der Waals surface area contributed by atoms with Crippen molar-refractivity contribution in [3.63, 3.8) is 0 Å². The van der Waals surface area contributed by atoms with E-state index in [0.717, 1.165) is 12.8 Å². The van der Waals surface area contributed by atoms with Crippen LogP contribution in [0.2, 0.25) is 0 Å². The van der Waals surface area contributed by atoms with E-state index < -0.39 is 0 Å². The predicted octanol–water partition coefficient (Wildman–Crippen LogP) is 3.66. The standard InChI is InChI=1S/C11H20O/c1-8-5-6-9(10(12)7-8)11(2,3)4/h8,12H,5-7H2,1-4H3/t8-/m1/s1. The van der Waals surface area contributed by atoms with Crippen molar-refractivity contribution in [3.05, 3.63) is 11.3 Å². The number of aliphatic hydroxyl groups is 1. The minimum Gasteiger partial charge on any atom is -0.512 e. The maximum atomic E-state index is 9.75. The average Bonchev–Trinajstić information content (AvgIpc) is 1.83. The Morgan fingerprint density at radius 2 is 1.92 bits per heavy atom. The van der Waals surface area contributed by atoms with Crippen LogP contribution in [0.3, 0.4) is 0 Å². The minimum absolute atomic E-state index is 0.157. The molecule has 0 aliphatic heterocycles. The van der Waals surface area contributed by atoms with Gasteiger partial charge in [0, 0.05) is 6.42 Å². The van der Waals surface area contributed by atoms with Gasteiger partial charge < -0.3 is 5.11 Å². The Kier molecular flexibility index (Phi) is 2.50. The molecule has 0 aromatic rings. The summed E-state index contributed by atoms with van der Waals surface area (Å²) in [7, 11) is 0. The first-order valence-corrected chi connectivity index (χ1v) is 4.82. The zero-order chi connectivity index (χ0) is 9.35. The first-order valence-electron chi connectivity index (χ1n) is 4.82. The average molecular weight is 168 g/mol. The van der Waals surface area contributed by atoms with E-state index in [9.17, 15) is 5.11 Å². The van der Waals surface area contributed by atoms with E-state index >= 15 is 0 Å². The van der Waals surface area contributed by atoms with Gasteiger partial charge in [-0.3, -0.25) is 0 Å². The minimum atomic E-state index is 0.157. The van der Waals surface area contributed by atoms with Gasteiger partial charge in [-0.2, -0.15) is 0 Å². The van der Waals surface area contributed by atoms with Crippen LogP contribution in [0.25, 0.3) is 0 Å². The van der Waals surface area contributed by atoms with Gasteiger partial charge in [-0.05, 0) is 29.7 Å². The van der Waals surface area contributed by atoms with Gasteiger partial charge >= 0.3 is 0 Å². The fourth-order valence-electron chi connectivity index (χ4n) is 1.90. The van der Waals surface area contributed by atoms with Crippen molar-refractivity contribution in [2.75, 3.05) is 0 Å². The molecule has 0 aromatic heterocycles. The maximum Gasteiger partial charge on any atom is 0.0922 e. The number of rotatable bonds is 0. The van der Waals surface area contributed by atoms with Crippen molar-refractivity contribution in [2.24, 2.45) is 11.3 Å². The zero-order valence-corrected chi connectivity index (χ0v) is 8.65. The topological polar surface area (TPSA) is 20.2 Å². The molecule has 1 atom stereocenters. The fraction of sp³-hybridized carbons (Fsp3) is 0.818. The third-order valence-corrected chi connectivity index (χ3v) is 2.68. The molecule has 0 spiro atoms. The van der Waals surface area contributed by atoms with Gasteiger partial charge in [0.15, 0.2) is 0 Å². The smallest absolute Gasteiger partial charge is 0.0922 e. The zero-order valence-electron chi connectivity index (χ0n) is 8.65. The molecule has 70 valence electrons. The Morgan fingerprint density at radius 3 is 2.33 bits per heavy atom. The van der Waals surface area contributed by atoms with Gasteiger partial charge in [0.2, 0.25) is 0 Å². The molecule has 0 heterocycles. The molecule has 0 saturated heterocycles. The summed E-state index contributed by atoms with van der Waals surface area (Å²) in [5.41, 5.74) is 1.42. The summed E-state index contributed by atoms with van der Waals surface area (Å²) in [6, 6.07) is 0. The number of allylic oxidation sites excluding steroid dienone is 2. The fourth-order valence-corrected chi connectivity index (χ4v) is 1.90. The molecule has 0 unspecified atom stereocenters. The SMILES string of the molecule is C[C@@H]1CCC(C(C)(C)C)=C(O)C1. The highest BCUT2D eigenvalue weighted by atomic mass is 16.3. The Bertz CT molecular complexity index is 196. The Hall–Kier alpha value is -0.460. The summed E-state index contributed by atoms with van der Waals surface area (Å²) in [6.07, 6.45) is 3.19. The van der Waals surface area contributed by atoms with Crippen LogP contribution in [0.1, 0.15) is 47.0 Å². The molecular weight excluding hydrogens is 148 g/mol. The second-order valence-electron chi connectivity index (χ2n) is 5.02. The van der Waals surface area contributed by atoms with Crippen LogP contribution in [0.4, 0.5) is 0 Å². The third-order valence-electron chi connectivity index (χ3n) is 2.68. The summed E-state index contributed by atoms with van der Waals surface area (Å²) in [5, 5.41) is 9.75. The lowest BCUT2D eigenvalue weighted by molar-refractivity contribution is 0.290. The molecule has 0 saturated carbocycles. The molecule has 0 radical (unpaired) electrons. The summed E-state index contributed by atoms with van der Waals surface area (Å²) in [4.78, 5) is 0. The van der Waals surface area contributed by atoms with Crippen LogP contribution in [-0.4, -0.2) is 5.11 Å². The van der Waals surface area contributed by atoms with E-state index in [4.69, 9.17) is 0 Å². The first kappa shape index (κ1) is 9.63. The summed E-state index contributed by atoms with van der Waals surface area (Å²) >= 11 is 0. The van der Waals surface area contributed by atoms with E-state index in [-0.39, 0.29) is 5.41 Å². The lowest BCUT2D eigenvalue weighted by atomic mass is 9.77. The van der Waals surface area contributed by atoms with Gasteiger partial charge in [-0.1, -0.05) is 27.7 Å². The first-order chi connectivity index (χ1) is 5.41. The summed E-state index contributed by atoms with van der Waals surface area (Å²) < 4.78 is 0. The van der Waals surface area contributed by atoms with Crippen LogP contribution in [0.15, 0.2) is 11.3 Å². The highest BCUT2D eigenvalue weighted by molar-refractivity contribution is 5.17. The molecule has 12 heavy (non-hydrogen) atoms. The summed E-state index contributed by atoms with van der Waals surface area (Å²) in [6.45, 7) is 8.73. The van der Waals surface area contributed by atoms with Crippen LogP contribution in [-0.2, 0) is 0 Å². The largest absolute Gasteiger partial charge is 0.512 e. The van der Waals surface area contributed by atoms with Crippen molar-refractivity contribution in [1.82, 2.24) is 0 Å². The van der Waals surface area contributed by atoms with Crippen molar-refractivity contribution >= 4 is 0 Å². The lowest BCUT2D eigenvalue weighted by Gasteiger charge is -2.30. The Morgan fingerprint density at radius 1 is 1.33 bits per heavy atom. The molecule has 0 amide bonds. The van der Waals surface area contributed by atoms with E-state index in [1.54, 1.807) is 0 Å². The van der Waals surface area contributed by atoms with Crippen LogP contribution in [0.5, 0.6) is 0 Å². The molecule has 1 aliphatic carbocycles. The normalized spacial score (nSPS) is 26.2. The second kappa shape index (κ2) is 3.12. The second-order valence-corrected chi connectivity index (χ2v) is 5.02. The van der Waals surface area contributed by atoms with Gasteiger partial charge in [-0.15, -0.1) is 0 Å². The predicted molar refractivity (Wildman–Crippen MR) is 52.1 cm³/mol. The molecule has 1 rings (SSSR count). The van der Waals surface area contributed by atoms with Crippen molar-refractivity contribution in [1.29, 1.82) is 0 Å². The molecule has 1 nitrogen and oxygen atoms in total. The molecule has 1 heteroatoms. The van der Waals surface area contributed by atoms with Crippen molar-refractivity contribution < 1.29 is 5.11 Å². The third kappa shape index (κ3) is 2.02. The van der Waals surface area contributed by atoms with Gasteiger partial charge in [0.05, 0.1) is 5.76 Å². The van der Waals surface area contributed by atoms with Crippen LogP contribution in [0, 0.1) is 11.3 Å². The Labute approximate surface area is 75.5 Å². The monoisotopic (exact) mass is 168 g/mol. The number of hydrogen-bond donors (Lipinski definition) is 1. The van der Waals surface area contributed by atoms with Gasteiger partial charge in [0.1, 0.15) is 0 Å². The van der Waals surface area contributed by atoms with E-state index in [1.165, 1.54) is 12.0 Å². The summed E-state index contributed by atoms with van der Waals surface area (Å²) in [5.74, 6) is 1.32. The van der Waals surface area contributed by atoms with Crippen LogP contribution < -0.4 is 0 Å². The highest BCUT2D eigenvalue weighted by Gasteiger charge is 2.25.